The average molecular weight is 290 g/mol. The van der Waals surface area contributed by atoms with Crippen LogP contribution < -0.4 is 5.32 Å². The number of hydrogen-bond acceptors (Lipinski definition) is 5. The van der Waals surface area contributed by atoms with E-state index in [4.69, 9.17) is 10.2 Å². The molecular weight excluding hydrogens is 276 g/mol. The molecule has 1 aliphatic rings. The number of nitrogens with zero attached hydrogens (tertiary/aromatic N) is 1. The predicted molar refractivity (Wildman–Crippen MR) is 73.6 cm³/mol. The van der Waals surface area contributed by atoms with Crippen molar-refractivity contribution in [2.45, 2.75) is 6.92 Å². The third-order valence-corrected chi connectivity index (χ3v) is 3.08. The molecule has 1 aromatic carbocycles. The zero-order chi connectivity index (χ0) is 15.6. The lowest BCUT2D eigenvalue weighted by Crippen LogP contribution is -2.34. The highest BCUT2D eigenvalue weighted by atomic mass is 16.4. The maximum absolute atomic E-state index is 11.9. The molecule has 0 radical (unpaired) electrons. The zero-order valence-electron chi connectivity index (χ0n) is 11.3. The van der Waals surface area contributed by atoms with E-state index >= 15 is 0 Å². The Hall–Kier alpha value is -2.67. The standard InChI is InChI=1S/C14H14N2O5/c1-8-2-3-9(6-10(8)14(20)21)15-11-7-12(18)16(4-5-17)13(11)19/h2-3,6-7,15,17H,4-5H2,1H3,(H,20,21). The quantitative estimate of drug-likeness (QED) is 0.675. The number of imide groups is 1. The van der Waals surface area contributed by atoms with Crippen LogP contribution in [0.15, 0.2) is 30.0 Å². The monoisotopic (exact) mass is 290 g/mol. The van der Waals surface area contributed by atoms with Gasteiger partial charge < -0.3 is 15.5 Å². The number of aliphatic hydroxyl groups excluding tert-OH is 1. The molecule has 110 valence electrons. The summed E-state index contributed by atoms with van der Waals surface area (Å²) in [4.78, 5) is 35.5. The Bertz CT molecular complexity index is 651. The predicted octanol–water partition coefficient (Wildman–Crippen LogP) is 0.350. The van der Waals surface area contributed by atoms with Gasteiger partial charge in [0.2, 0.25) is 0 Å². The molecule has 7 nitrogen and oxygen atoms in total. The Kier molecular flexibility index (Phi) is 4.04. The van der Waals surface area contributed by atoms with Crippen LogP contribution in [0.5, 0.6) is 0 Å². The molecule has 0 atom stereocenters. The number of rotatable bonds is 5. The van der Waals surface area contributed by atoms with Gasteiger partial charge in [-0.1, -0.05) is 6.07 Å². The van der Waals surface area contributed by atoms with E-state index in [0.29, 0.717) is 11.3 Å². The highest BCUT2D eigenvalue weighted by molar-refractivity contribution is 6.17. The Morgan fingerprint density at radius 1 is 1.33 bits per heavy atom. The normalized spacial score (nSPS) is 14.4. The van der Waals surface area contributed by atoms with Crippen molar-refractivity contribution in [2.24, 2.45) is 0 Å². The number of amides is 2. The Labute approximate surface area is 120 Å². The van der Waals surface area contributed by atoms with Crippen LogP contribution >= 0.6 is 0 Å². The first-order chi connectivity index (χ1) is 9.93. The molecule has 0 unspecified atom stereocenters. The van der Waals surface area contributed by atoms with E-state index in [9.17, 15) is 14.4 Å². The van der Waals surface area contributed by atoms with Gasteiger partial charge in [0, 0.05) is 11.8 Å². The summed E-state index contributed by atoms with van der Waals surface area (Å²) in [6, 6.07) is 4.62. The molecule has 0 aromatic heterocycles. The molecule has 0 saturated carbocycles. The Morgan fingerprint density at radius 2 is 2.05 bits per heavy atom. The van der Waals surface area contributed by atoms with Crippen LogP contribution in [0.25, 0.3) is 0 Å². The number of carboxylic acids is 1. The van der Waals surface area contributed by atoms with E-state index in [0.717, 1.165) is 11.0 Å². The second-order valence-corrected chi connectivity index (χ2v) is 4.54. The fourth-order valence-corrected chi connectivity index (χ4v) is 2.00. The lowest BCUT2D eigenvalue weighted by Gasteiger charge is -2.13. The summed E-state index contributed by atoms with van der Waals surface area (Å²) >= 11 is 0. The van der Waals surface area contributed by atoms with Crippen LogP contribution in [0.4, 0.5) is 5.69 Å². The number of carbonyl (C=O) groups excluding carboxylic acids is 2. The SMILES string of the molecule is Cc1ccc(NC2=CC(=O)N(CCO)C2=O)cc1C(=O)O. The van der Waals surface area contributed by atoms with Crippen molar-refractivity contribution >= 4 is 23.5 Å². The number of benzene rings is 1. The van der Waals surface area contributed by atoms with Crippen molar-refractivity contribution in [3.8, 4) is 0 Å². The first kappa shape index (κ1) is 14.7. The summed E-state index contributed by atoms with van der Waals surface area (Å²) in [5.41, 5.74) is 1.16. The molecule has 0 spiro atoms. The molecule has 0 bridgehead atoms. The highest BCUT2D eigenvalue weighted by Gasteiger charge is 2.30. The zero-order valence-corrected chi connectivity index (χ0v) is 11.3. The van der Waals surface area contributed by atoms with Crippen LogP contribution in [-0.2, 0) is 9.59 Å². The lowest BCUT2D eigenvalue weighted by atomic mass is 10.1. The Balaban J connectivity index is 2.22. The smallest absolute Gasteiger partial charge is 0.336 e. The van der Waals surface area contributed by atoms with Gasteiger partial charge in [-0.15, -0.1) is 0 Å². The van der Waals surface area contributed by atoms with Gasteiger partial charge >= 0.3 is 5.97 Å². The summed E-state index contributed by atoms with van der Waals surface area (Å²) in [7, 11) is 0. The van der Waals surface area contributed by atoms with Crippen LogP contribution in [0.2, 0.25) is 0 Å². The molecule has 1 heterocycles. The van der Waals surface area contributed by atoms with Crippen molar-refractivity contribution in [3.63, 3.8) is 0 Å². The van der Waals surface area contributed by atoms with Gasteiger partial charge in [0.1, 0.15) is 5.70 Å². The van der Waals surface area contributed by atoms with Crippen molar-refractivity contribution in [1.82, 2.24) is 4.90 Å². The summed E-state index contributed by atoms with van der Waals surface area (Å²) in [5, 5.41) is 20.6. The van der Waals surface area contributed by atoms with Crippen LogP contribution in [0.1, 0.15) is 15.9 Å². The molecule has 7 heteroatoms. The number of aromatic carboxylic acids is 1. The topological polar surface area (TPSA) is 107 Å². The Morgan fingerprint density at radius 3 is 2.67 bits per heavy atom. The van der Waals surface area contributed by atoms with Gasteiger partial charge in [-0.25, -0.2) is 4.79 Å². The first-order valence-corrected chi connectivity index (χ1v) is 6.23. The number of hydrogen-bond donors (Lipinski definition) is 3. The van der Waals surface area contributed by atoms with E-state index < -0.39 is 17.8 Å². The maximum atomic E-state index is 11.9. The van der Waals surface area contributed by atoms with E-state index in [1.807, 2.05) is 0 Å². The van der Waals surface area contributed by atoms with Crippen molar-refractivity contribution in [2.75, 3.05) is 18.5 Å². The third-order valence-electron chi connectivity index (χ3n) is 3.08. The summed E-state index contributed by atoms with van der Waals surface area (Å²) in [6.07, 6.45) is 1.12. The average Bonchev–Trinajstić information content (AvgIpc) is 2.69. The summed E-state index contributed by atoms with van der Waals surface area (Å²) in [6.45, 7) is 1.28. The van der Waals surface area contributed by atoms with E-state index in [1.165, 1.54) is 6.07 Å². The van der Waals surface area contributed by atoms with Gasteiger partial charge in [-0.05, 0) is 24.6 Å². The fraction of sp³-hybridized carbons (Fsp3) is 0.214. The molecule has 2 rings (SSSR count). The van der Waals surface area contributed by atoms with Gasteiger partial charge in [0.25, 0.3) is 11.8 Å². The molecule has 0 aliphatic carbocycles. The second-order valence-electron chi connectivity index (χ2n) is 4.54. The van der Waals surface area contributed by atoms with Crippen LogP contribution in [-0.4, -0.2) is 46.0 Å². The van der Waals surface area contributed by atoms with Crippen LogP contribution in [0, 0.1) is 6.92 Å². The summed E-state index contributed by atoms with van der Waals surface area (Å²) < 4.78 is 0. The number of carbonyl (C=O) groups is 3. The van der Waals surface area contributed by atoms with Crippen molar-refractivity contribution in [3.05, 3.63) is 41.1 Å². The molecule has 1 aliphatic heterocycles. The fourth-order valence-electron chi connectivity index (χ4n) is 2.00. The maximum Gasteiger partial charge on any atom is 0.336 e. The lowest BCUT2D eigenvalue weighted by molar-refractivity contribution is -0.137. The molecule has 0 fully saturated rings. The van der Waals surface area contributed by atoms with E-state index in [-0.39, 0.29) is 24.4 Å². The molecule has 1 aromatic rings. The van der Waals surface area contributed by atoms with E-state index in [1.54, 1.807) is 19.1 Å². The van der Waals surface area contributed by atoms with Gasteiger partial charge in [0.15, 0.2) is 0 Å². The number of nitrogens with one attached hydrogen (secondary N) is 1. The number of β-amino-alcohol motifs (C(OH)–C–C–N with tert-alkyl or cyclic N) is 1. The highest BCUT2D eigenvalue weighted by Crippen LogP contribution is 2.20. The first-order valence-electron chi connectivity index (χ1n) is 6.23. The molecule has 21 heavy (non-hydrogen) atoms. The van der Waals surface area contributed by atoms with Gasteiger partial charge in [-0.2, -0.15) is 0 Å². The number of aliphatic hydroxyl groups is 1. The minimum Gasteiger partial charge on any atom is -0.478 e. The molecular formula is C14H14N2O5. The molecule has 0 saturated heterocycles. The van der Waals surface area contributed by atoms with E-state index in [2.05, 4.69) is 5.32 Å². The van der Waals surface area contributed by atoms with Gasteiger partial charge in [0.05, 0.1) is 18.7 Å². The number of anilines is 1. The molecule has 2 amide bonds. The van der Waals surface area contributed by atoms with Crippen LogP contribution in [0.3, 0.4) is 0 Å². The summed E-state index contributed by atoms with van der Waals surface area (Å²) in [5.74, 6) is -2.13. The minimum atomic E-state index is -1.07. The number of carboxylic acid groups (broad SMARTS) is 1. The second kappa shape index (κ2) is 5.76. The van der Waals surface area contributed by atoms with Crippen molar-refractivity contribution in [1.29, 1.82) is 0 Å². The van der Waals surface area contributed by atoms with Gasteiger partial charge in [-0.3, -0.25) is 14.5 Å². The third kappa shape index (κ3) is 2.92. The minimum absolute atomic E-state index is 0.0497. The number of aryl methyl sites for hydroxylation is 1. The molecule has 3 N–H and O–H groups in total. The van der Waals surface area contributed by atoms with Crippen molar-refractivity contribution < 1.29 is 24.6 Å². The largest absolute Gasteiger partial charge is 0.478 e.